The molecule has 1 unspecified atom stereocenters. The fourth-order valence-corrected chi connectivity index (χ4v) is 5.57. The molecule has 2 aromatic rings. The third-order valence-electron chi connectivity index (χ3n) is 6.35. The SMILES string of the molecule is CN1CCN(c2csc3cnc(C(=O)NC4CN5CCC4CC5)cc23)C(=O)C1. The average molecular weight is 400 g/mol. The molecule has 4 aliphatic heterocycles. The monoisotopic (exact) mass is 399 g/mol. The summed E-state index contributed by atoms with van der Waals surface area (Å²) in [4.78, 5) is 36.1. The third kappa shape index (κ3) is 3.19. The number of rotatable bonds is 3. The highest BCUT2D eigenvalue weighted by atomic mass is 32.1. The lowest BCUT2D eigenvalue weighted by Gasteiger charge is -2.44. The minimum Gasteiger partial charge on any atom is -0.346 e. The van der Waals surface area contributed by atoms with E-state index in [0.717, 1.165) is 54.8 Å². The van der Waals surface area contributed by atoms with Crippen LogP contribution in [0.25, 0.3) is 10.1 Å². The molecule has 6 heterocycles. The first-order valence-electron chi connectivity index (χ1n) is 9.98. The Labute approximate surface area is 168 Å². The molecule has 4 aliphatic rings. The topological polar surface area (TPSA) is 68.8 Å². The Morgan fingerprint density at radius 3 is 2.79 bits per heavy atom. The maximum atomic E-state index is 12.9. The third-order valence-corrected chi connectivity index (χ3v) is 7.27. The van der Waals surface area contributed by atoms with Crippen LogP contribution in [0.5, 0.6) is 0 Å². The summed E-state index contributed by atoms with van der Waals surface area (Å²) in [7, 11) is 1.96. The molecular formula is C20H25N5O2S. The molecule has 1 N–H and O–H groups in total. The van der Waals surface area contributed by atoms with Crippen LogP contribution in [0.4, 0.5) is 5.69 Å². The summed E-state index contributed by atoms with van der Waals surface area (Å²) >= 11 is 1.57. The Kier molecular flexibility index (Phi) is 4.57. The lowest BCUT2D eigenvalue weighted by Crippen LogP contribution is -2.57. The van der Waals surface area contributed by atoms with Crippen molar-refractivity contribution in [3.05, 3.63) is 23.3 Å². The number of aromatic nitrogens is 1. The molecule has 0 saturated carbocycles. The number of carbonyl (C=O) groups excluding carboxylic acids is 2. The van der Waals surface area contributed by atoms with Crippen molar-refractivity contribution >= 4 is 38.9 Å². The molecule has 4 saturated heterocycles. The molecule has 2 amide bonds. The van der Waals surface area contributed by atoms with Crippen molar-refractivity contribution in [3.63, 3.8) is 0 Å². The molecule has 7 nitrogen and oxygen atoms in total. The van der Waals surface area contributed by atoms with Crippen molar-refractivity contribution in [3.8, 4) is 0 Å². The maximum absolute atomic E-state index is 12.9. The van der Waals surface area contributed by atoms with E-state index in [2.05, 4.69) is 15.2 Å². The highest BCUT2D eigenvalue weighted by Crippen LogP contribution is 2.34. The number of nitrogens with zero attached hydrogens (tertiary/aromatic N) is 4. The Bertz CT molecular complexity index is 920. The lowest BCUT2D eigenvalue weighted by molar-refractivity contribution is -0.120. The van der Waals surface area contributed by atoms with Gasteiger partial charge in [0, 0.05) is 42.6 Å². The van der Waals surface area contributed by atoms with E-state index in [1.807, 2.05) is 28.3 Å². The Morgan fingerprint density at radius 1 is 1.25 bits per heavy atom. The van der Waals surface area contributed by atoms with Crippen LogP contribution >= 0.6 is 11.3 Å². The summed E-state index contributed by atoms with van der Waals surface area (Å²) < 4.78 is 1.00. The predicted octanol–water partition coefficient (Wildman–Crippen LogP) is 1.40. The van der Waals surface area contributed by atoms with Gasteiger partial charge in [0.2, 0.25) is 5.91 Å². The molecule has 4 fully saturated rings. The molecule has 0 radical (unpaired) electrons. The van der Waals surface area contributed by atoms with Gasteiger partial charge in [-0.05, 0) is 45.0 Å². The van der Waals surface area contributed by atoms with Gasteiger partial charge in [-0.1, -0.05) is 0 Å². The van der Waals surface area contributed by atoms with E-state index in [9.17, 15) is 9.59 Å². The zero-order valence-electron chi connectivity index (χ0n) is 16.1. The summed E-state index contributed by atoms with van der Waals surface area (Å²) in [5.74, 6) is 0.573. The standard InChI is InChI=1S/C20H25N5O2S/c1-23-6-7-25(19(26)11-23)17-12-28-18-9-21-15(8-14(17)18)20(27)22-16-10-24-4-2-13(16)3-5-24/h8-9,12-13,16H,2-7,10-11H2,1H3,(H,22,27). The van der Waals surface area contributed by atoms with Crippen molar-refractivity contribution in [2.24, 2.45) is 5.92 Å². The number of hydrogen-bond donors (Lipinski definition) is 1. The number of pyridine rings is 1. The number of amides is 2. The molecule has 2 aromatic heterocycles. The Balaban J connectivity index is 1.38. The molecule has 6 rings (SSSR count). The fraction of sp³-hybridized carbons (Fsp3) is 0.550. The van der Waals surface area contributed by atoms with Crippen molar-refractivity contribution in [1.29, 1.82) is 0 Å². The number of piperidine rings is 3. The molecule has 1 atom stereocenters. The van der Waals surface area contributed by atoms with Crippen molar-refractivity contribution in [2.75, 3.05) is 51.2 Å². The van der Waals surface area contributed by atoms with E-state index >= 15 is 0 Å². The number of hydrogen-bond acceptors (Lipinski definition) is 6. The fourth-order valence-electron chi connectivity index (χ4n) is 4.67. The second kappa shape index (κ2) is 7.09. The smallest absolute Gasteiger partial charge is 0.270 e. The maximum Gasteiger partial charge on any atom is 0.270 e. The zero-order chi connectivity index (χ0) is 19.3. The predicted molar refractivity (Wildman–Crippen MR) is 110 cm³/mol. The Morgan fingerprint density at radius 2 is 2.07 bits per heavy atom. The van der Waals surface area contributed by atoms with Crippen LogP contribution in [0.2, 0.25) is 0 Å². The number of nitrogens with one attached hydrogen (secondary N) is 1. The lowest BCUT2D eigenvalue weighted by atomic mass is 9.84. The van der Waals surface area contributed by atoms with E-state index in [0.29, 0.717) is 24.7 Å². The van der Waals surface area contributed by atoms with Gasteiger partial charge in [0.25, 0.3) is 5.91 Å². The van der Waals surface area contributed by atoms with E-state index < -0.39 is 0 Å². The number of thiophene rings is 1. The quantitative estimate of drug-likeness (QED) is 0.845. The van der Waals surface area contributed by atoms with Crippen LogP contribution < -0.4 is 10.2 Å². The van der Waals surface area contributed by atoms with E-state index in [1.54, 1.807) is 17.5 Å². The van der Waals surface area contributed by atoms with E-state index in [-0.39, 0.29) is 17.9 Å². The van der Waals surface area contributed by atoms with Crippen LogP contribution in [-0.2, 0) is 4.79 Å². The van der Waals surface area contributed by atoms with Crippen LogP contribution in [0.15, 0.2) is 17.6 Å². The van der Waals surface area contributed by atoms with Crippen molar-refractivity contribution in [2.45, 2.75) is 18.9 Å². The van der Waals surface area contributed by atoms with Crippen LogP contribution in [0.1, 0.15) is 23.3 Å². The largest absolute Gasteiger partial charge is 0.346 e. The van der Waals surface area contributed by atoms with E-state index in [1.165, 1.54) is 0 Å². The molecule has 0 spiro atoms. The van der Waals surface area contributed by atoms with Crippen molar-refractivity contribution < 1.29 is 9.59 Å². The molecule has 2 bridgehead atoms. The van der Waals surface area contributed by atoms with Gasteiger partial charge < -0.3 is 15.1 Å². The molecule has 28 heavy (non-hydrogen) atoms. The van der Waals surface area contributed by atoms with Gasteiger partial charge >= 0.3 is 0 Å². The van der Waals surface area contributed by atoms with Gasteiger partial charge in [-0.2, -0.15) is 0 Å². The number of anilines is 1. The highest BCUT2D eigenvalue weighted by Gasteiger charge is 2.35. The van der Waals surface area contributed by atoms with E-state index in [4.69, 9.17) is 0 Å². The second-order valence-electron chi connectivity index (χ2n) is 8.19. The summed E-state index contributed by atoms with van der Waals surface area (Å²) in [5, 5.41) is 6.16. The number of fused-ring (bicyclic) bond motifs is 4. The van der Waals surface area contributed by atoms with Gasteiger partial charge in [0.15, 0.2) is 0 Å². The zero-order valence-corrected chi connectivity index (χ0v) is 16.9. The summed E-state index contributed by atoms with van der Waals surface area (Å²) in [6.07, 6.45) is 4.09. The molecule has 148 valence electrons. The average Bonchev–Trinajstić information content (AvgIpc) is 3.12. The first-order chi connectivity index (χ1) is 13.6. The summed E-state index contributed by atoms with van der Waals surface area (Å²) in [5.41, 5.74) is 1.34. The molecule has 0 aromatic carbocycles. The van der Waals surface area contributed by atoms with Gasteiger partial charge in [-0.3, -0.25) is 14.5 Å². The number of carbonyl (C=O) groups is 2. The minimum atomic E-state index is -0.109. The second-order valence-corrected chi connectivity index (χ2v) is 9.10. The van der Waals surface area contributed by atoms with Crippen molar-refractivity contribution in [1.82, 2.24) is 20.1 Å². The first-order valence-corrected chi connectivity index (χ1v) is 10.9. The summed E-state index contributed by atoms with van der Waals surface area (Å²) in [6.45, 7) is 5.19. The normalized spacial score (nSPS) is 28.1. The molecule has 0 aliphatic carbocycles. The number of likely N-dealkylation sites (N-methyl/N-ethyl adjacent to an activating group) is 1. The number of piperazine rings is 1. The van der Waals surface area contributed by atoms with Gasteiger partial charge in [0.1, 0.15) is 5.69 Å². The minimum absolute atomic E-state index is 0.101. The van der Waals surface area contributed by atoms with Crippen LogP contribution in [0, 0.1) is 5.92 Å². The summed E-state index contributed by atoms with van der Waals surface area (Å²) in [6, 6.07) is 2.07. The van der Waals surface area contributed by atoms with Gasteiger partial charge in [-0.15, -0.1) is 11.3 Å². The van der Waals surface area contributed by atoms with Gasteiger partial charge in [-0.25, -0.2) is 4.98 Å². The first kappa shape index (κ1) is 18.0. The van der Waals surface area contributed by atoms with Gasteiger partial charge in [0.05, 0.1) is 16.9 Å². The highest BCUT2D eigenvalue weighted by molar-refractivity contribution is 7.17. The molecular weight excluding hydrogens is 374 g/mol. The molecule has 8 heteroatoms. The van der Waals surface area contributed by atoms with Crippen LogP contribution in [-0.4, -0.2) is 79.0 Å². The van der Waals surface area contributed by atoms with Crippen LogP contribution in [0.3, 0.4) is 0 Å². The Hall–Kier alpha value is -2.03.